The SMILES string of the molecule is O=C(NCCCCCN1C(=O)C=CC1=O)c1cc2cc(F)c(O)c(F)c2oc1=O. The summed E-state index contributed by atoms with van der Waals surface area (Å²) in [5.41, 5.74) is -2.20. The predicted molar refractivity (Wildman–Crippen MR) is 96.1 cm³/mol. The van der Waals surface area contributed by atoms with Gasteiger partial charge in [-0.2, -0.15) is 4.39 Å². The van der Waals surface area contributed by atoms with E-state index in [0.717, 1.165) is 17.0 Å². The van der Waals surface area contributed by atoms with Crippen LogP contribution < -0.4 is 10.9 Å². The topological polar surface area (TPSA) is 117 Å². The van der Waals surface area contributed by atoms with Gasteiger partial charge in [0.05, 0.1) is 0 Å². The lowest BCUT2D eigenvalue weighted by Crippen LogP contribution is -2.31. The Morgan fingerprint density at radius 1 is 1.07 bits per heavy atom. The minimum absolute atomic E-state index is 0.184. The van der Waals surface area contributed by atoms with Gasteiger partial charge >= 0.3 is 5.63 Å². The molecule has 0 radical (unpaired) electrons. The molecule has 0 unspecified atom stereocenters. The van der Waals surface area contributed by atoms with Crippen molar-refractivity contribution in [1.29, 1.82) is 0 Å². The Kier molecular flexibility index (Phi) is 5.71. The monoisotopic (exact) mass is 406 g/mol. The van der Waals surface area contributed by atoms with Gasteiger partial charge in [0, 0.05) is 30.6 Å². The molecule has 3 rings (SSSR count). The van der Waals surface area contributed by atoms with E-state index in [0.29, 0.717) is 19.3 Å². The van der Waals surface area contributed by atoms with Gasteiger partial charge in [0.15, 0.2) is 17.1 Å². The van der Waals surface area contributed by atoms with Crippen LogP contribution in [0.25, 0.3) is 11.0 Å². The van der Waals surface area contributed by atoms with Gasteiger partial charge in [-0.15, -0.1) is 0 Å². The Morgan fingerprint density at radius 3 is 2.45 bits per heavy atom. The third-order valence-corrected chi connectivity index (χ3v) is 4.38. The summed E-state index contributed by atoms with van der Waals surface area (Å²) in [4.78, 5) is 48.0. The van der Waals surface area contributed by atoms with E-state index in [1.165, 1.54) is 12.2 Å². The van der Waals surface area contributed by atoms with Crippen LogP contribution in [0.5, 0.6) is 5.75 Å². The fourth-order valence-electron chi connectivity index (χ4n) is 2.86. The van der Waals surface area contributed by atoms with Crippen molar-refractivity contribution in [3.8, 4) is 5.75 Å². The van der Waals surface area contributed by atoms with Gasteiger partial charge in [0.25, 0.3) is 17.7 Å². The van der Waals surface area contributed by atoms with Gasteiger partial charge in [0.1, 0.15) is 5.56 Å². The summed E-state index contributed by atoms with van der Waals surface area (Å²) in [7, 11) is 0. The number of nitrogens with zero attached hydrogens (tertiary/aromatic N) is 1. The first-order valence-corrected chi connectivity index (χ1v) is 8.76. The number of aromatic hydroxyl groups is 1. The van der Waals surface area contributed by atoms with Gasteiger partial charge in [-0.1, -0.05) is 0 Å². The maximum absolute atomic E-state index is 13.8. The number of imide groups is 1. The number of benzene rings is 1. The van der Waals surface area contributed by atoms with Crippen LogP contribution in [0.4, 0.5) is 8.78 Å². The molecular formula is C19H16F2N2O6. The van der Waals surface area contributed by atoms with E-state index in [-0.39, 0.29) is 30.3 Å². The number of carbonyl (C=O) groups is 3. The van der Waals surface area contributed by atoms with Crippen LogP contribution >= 0.6 is 0 Å². The number of unbranched alkanes of at least 4 members (excludes halogenated alkanes) is 2. The van der Waals surface area contributed by atoms with Crippen molar-refractivity contribution in [2.24, 2.45) is 0 Å². The molecule has 152 valence electrons. The summed E-state index contributed by atoms with van der Waals surface area (Å²) in [6, 6.07) is 1.74. The smallest absolute Gasteiger partial charge is 0.349 e. The minimum Gasteiger partial charge on any atom is -0.503 e. The number of rotatable bonds is 7. The molecule has 2 N–H and O–H groups in total. The summed E-state index contributed by atoms with van der Waals surface area (Å²) < 4.78 is 32.0. The fourth-order valence-corrected chi connectivity index (χ4v) is 2.86. The zero-order valence-electron chi connectivity index (χ0n) is 15.0. The number of hydrogen-bond acceptors (Lipinski definition) is 6. The number of carbonyl (C=O) groups excluding carboxylic acids is 3. The molecule has 1 aromatic heterocycles. The lowest BCUT2D eigenvalue weighted by molar-refractivity contribution is -0.136. The van der Waals surface area contributed by atoms with Gasteiger partial charge in [0.2, 0.25) is 5.82 Å². The van der Waals surface area contributed by atoms with E-state index in [9.17, 15) is 33.1 Å². The molecule has 1 aliphatic rings. The number of hydrogen-bond donors (Lipinski definition) is 2. The highest BCUT2D eigenvalue weighted by molar-refractivity contribution is 6.12. The van der Waals surface area contributed by atoms with E-state index >= 15 is 0 Å². The molecule has 1 aromatic carbocycles. The normalized spacial score (nSPS) is 13.5. The number of phenolic OH excluding ortho intramolecular Hbond substituents is 1. The second-order valence-electron chi connectivity index (χ2n) is 6.36. The summed E-state index contributed by atoms with van der Waals surface area (Å²) in [5.74, 6) is -5.43. The molecule has 0 saturated heterocycles. The molecule has 0 aliphatic carbocycles. The number of nitrogens with one attached hydrogen (secondary N) is 1. The maximum Gasteiger partial charge on any atom is 0.349 e. The summed E-state index contributed by atoms with van der Waals surface area (Å²) >= 11 is 0. The molecule has 0 saturated carbocycles. The first-order chi connectivity index (χ1) is 13.8. The molecule has 2 aromatic rings. The van der Waals surface area contributed by atoms with Crippen LogP contribution in [0, 0.1) is 11.6 Å². The Morgan fingerprint density at radius 2 is 1.76 bits per heavy atom. The zero-order valence-corrected chi connectivity index (χ0v) is 15.0. The van der Waals surface area contributed by atoms with E-state index < -0.39 is 40.1 Å². The van der Waals surface area contributed by atoms with Crippen molar-refractivity contribution in [2.45, 2.75) is 19.3 Å². The average Bonchev–Trinajstić information content (AvgIpc) is 3.01. The van der Waals surface area contributed by atoms with Crippen LogP contribution in [0.3, 0.4) is 0 Å². The molecule has 2 heterocycles. The van der Waals surface area contributed by atoms with Crippen LogP contribution in [0.2, 0.25) is 0 Å². The number of phenols is 1. The molecule has 10 heteroatoms. The predicted octanol–water partition coefficient (Wildman–Crippen LogP) is 1.60. The van der Waals surface area contributed by atoms with Gasteiger partial charge in [-0.25, -0.2) is 9.18 Å². The lowest BCUT2D eigenvalue weighted by Gasteiger charge is -2.13. The van der Waals surface area contributed by atoms with Gasteiger partial charge in [-0.3, -0.25) is 19.3 Å². The van der Waals surface area contributed by atoms with Crippen LogP contribution in [-0.2, 0) is 9.59 Å². The largest absolute Gasteiger partial charge is 0.503 e. The molecule has 0 bridgehead atoms. The average molecular weight is 406 g/mol. The van der Waals surface area contributed by atoms with Crippen molar-refractivity contribution < 1.29 is 32.7 Å². The van der Waals surface area contributed by atoms with Crippen LogP contribution in [-0.4, -0.2) is 40.8 Å². The second-order valence-corrected chi connectivity index (χ2v) is 6.36. The van der Waals surface area contributed by atoms with E-state index in [1.807, 2.05) is 0 Å². The van der Waals surface area contributed by atoms with E-state index in [4.69, 9.17) is 4.42 Å². The Balaban J connectivity index is 1.54. The third kappa shape index (κ3) is 4.15. The van der Waals surface area contributed by atoms with Crippen molar-refractivity contribution in [3.63, 3.8) is 0 Å². The standard InChI is InChI=1S/C19H16F2N2O6/c20-12-9-10-8-11(19(28)29-17(10)15(21)16(12)26)18(27)22-6-2-1-3-7-23-13(24)4-5-14(23)25/h4-5,8-9,26H,1-3,6-7H2,(H,22,27). The zero-order chi connectivity index (χ0) is 21.1. The molecule has 0 atom stereocenters. The van der Waals surface area contributed by atoms with E-state index in [2.05, 4.69) is 5.32 Å². The highest BCUT2D eigenvalue weighted by Crippen LogP contribution is 2.28. The second kappa shape index (κ2) is 8.21. The number of fused-ring (bicyclic) bond motifs is 1. The molecule has 0 fully saturated rings. The fraction of sp³-hybridized carbons (Fsp3) is 0.263. The third-order valence-electron chi connectivity index (χ3n) is 4.38. The van der Waals surface area contributed by atoms with Crippen LogP contribution in [0.1, 0.15) is 29.6 Å². The highest BCUT2D eigenvalue weighted by atomic mass is 19.1. The van der Waals surface area contributed by atoms with E-state index in [1.54, 1.807) is 0 Å². The molecule has 29 heavy (non-hydrogen) atoms. The first kappa shape index (κ1) is 20.2. The van der Waals surface area contributed by atoms with Crippen molar-refractivity contribution in [1.82, 2.24) is 10.2 Å². The summed E-state index contributed by atoms with van der Waals surface area (Å²) in [5, 5.41) is 11.5. The minimum atomic E-state index is -1.42. The van der Waals surface area contributed by atoms with Crippen LogP contribution in [0.15, 0.2) is 33.5 Å². The summed E-state index contributed by atoms with van der Waals surface area (Å²) in [6.07, 6.45) is 4.09. The molecule has 3 amide bonds. The Hall–Kier alpha value is -3.56. The molecular weight excluding hydrogens is 390 g/mol. The molecule has 8 nitrogen and oxygen atoms in total. The van der Waals surface area contributed by atoms with Crippen molar-refractivity contribution >= 4 is 28.7 Å². The summed E-state index contributed by atoms with van der Waals surface area (Å²) in [6.45, 7) is 0.478. The van der Waals surface area contributed by atoms with Gasteiger partial charge < -0.3 is 14.8 Å². The number of halogens is 2. The van der Waals surface area contributed by atoms with Crippen molar-refractivity contribution in [2.75, 3.05) is 13.1 Å². The first-order valence-electron chi connectivity index (χ1n) is 8.76. The highest BCUT2D eigenvalue weighted by Gasteiger charge is 2.22. The quantitative estimate of drug-likeness (QED) is 0.410. The molecule has 1 aliphatic heterocycles. The molecule has 0 spiro atoms. The lowest BCUT2D eigenvalue weighted by atomic mass is 10.1. The van der Waals surface area contributed by atoms with Gasteiger partial charge in [-0.05, 0) is 31.4 Å². The number of amides is 3. The Bertz CT molecular complexity index is 1070. The Labute approximate surface area is 162 Å². The van der Waals surface area contributed by atoms with Crippen molar-refractivity contribution in [3.05, 3.63) is 51.9 Å². The maximum atomic E-state index is 13.8.